The summed E-state index contributed by atoms with van der Waals surface area (Å²) in [6.07, 6.45) is 1.62. The number of rotatable bonds is 5. The van der Waals surface area contributed by atoms with Gasteiger partial charge in [0.05, 0.1) is 17.4 Å². The molecule has 0 radical (unpaired) electrons. The summed E-state index contributed by atoms with van der Waals surface area (Å²) in [6, 6.07) is 11.4. The lowest BCUT2D eigenvalue weighted by Gasteiger charge is -2.39. The molecule has 1 aliphatic rings. The normalized spacial score (nSPS) is 19.8. The number of nitrogens with zero attached hydrogens (tertiary/aromatic N) is 1. The second kappa shape index (κ2) is 7.91. The first-order valence-electron chi connectivity index (χ1n) is 8.76. The fraction of sp³-hybridized carbons (Fsp3) is 0.400. The van der Waals surface area contributed by atoms with Crippen molar-refractivity contribution < 1.29 is 14.3 Å². The van der Waals surface area contributed by atoms with Crippen LogP contribution in [0.2, 0.25) is 0 Å². The molecule has 2 amide bonds. The van der Waals surface area contributed by atoms with Crippen LogP contribution in [0.15, 0.2) is 41.8 Å². The molecule has 138 valence electrons. The molecule has 26 heavy (non-hydrogen) atoms. The average Bonchev–Trinajstić information content (AvgIpc) is 3.20. The maximum absolute atomic E-state index is 12.8. The van der Waals surface area contributed by atoms with Gasteiger partial charge < -0.3 is 15.0 Å². The third-order valence-corrected chi connectivity index (χ3v) is 5.71. The Morgan fingerprint density at radius 3 is 2.88 bits per heavy atom. The summed E-state index contributed by atoms with van der Waals surface area (Å²) in [5.41, 5.74) is 0.424. The number of nitrogens with one attached hydrogen (secondary N) is 1. The van der Waals surface area contributed by atoms with Crippen molar-refractivity contribution >= 4 is 23.2 Å². The Hall–Kier alpha value is -2.34. The van der Waals surface area contributed by atoms with Crippen molar-refractivity contribution in [3.05, 3.63) is 52.2 Å². The predicted molar refractivity (Wildman–Crippen MR) is 102 cm³/mol. The predicted octanol–water partition coefficient (Wildman–Crippen LogP) is 3.32. The summed E-state index contributed by atoms with van der Waals surface area (Å²) < 4.78 is 5.22. The first kappa shape index (κ1) is 18.5. The van der Waals surface area contributed by atoms with E-state index in [-0.39, 0.29) is 11.8 Å². The highest BCUT2D eigenvalue weighted by Crippen LogP contribution is 2.31. The highest BCUT2D eigenvalue weighted by Gasteiger charge is 2.39. The number of thiophene rings is 1. The van der Waals surface area contributed by atoms with Gasteiger partial charge in [-0.1, -0.05) is 18.2 Å². The van der Waals surface area contributed by atoms with E-state index >= 15 is 0 Å². The highest BCUT2D eigenvalue weighted by molar-refractivity contribution is 7.12. The summed E-state index contributed by atoms with van der Waals surface area (Å²) in [6.45, 7) is 3.55. The minimum absolute atomic E-state index is 0.0102. The Morgan fingerprint density at radius 2 is 2.15 bits per heavy atom. The van der Waals surface area contributed by atoms with Crippen molar-refractivity contribution in [3.8, 4) is 5.75 Å². The van der Waals surface area contributed by atoms with Crippen molar-refractivity contribution in [2.45, 2.75) is 26.3 Å². The van der Waals surface area contributed by atoms with E-state index in [9.17, 15) is 9.59 Å². The summed E-state index contributed by atoms with van der Waals surface area (Å²) >= 11 is 1.44. The molecular formula is C20H24N2O3S. The molecule has 0 bridgehead atoms. The number of carbonyl (C=O) groups is 2. The Bertz CT molecular complexity index is 775. The van der Waals surface area contributed by atoms with E-state index in [0.717, 1.165) is 29.0 Å². The molecule has 2 aromatic rings. The maximum Gasteiger partial charge on any atom is 0.263 e. The van der Waals surface area contributed by atoms with Crippen LogP contribution in [0.1, 0.15) is 35.0 Å². The van der Waals surface area contributed by atoms with Gasteiger partial charge in [-0.25, -0.2) is 0 Å². The molecule has 6 heteroatoms. The highest BCUT2D eigenvalue weighted by atomic mass is 32.1. The smallest absolute Gasteiger partial charge is 0.263 e. The minimum Gasteiger partial charge on any atom is -0.497 e. The fourth-order valence-corrected chi connectivity index (χ4v) is 4.02. The van der Waals surface area contributed by atoms with Crippen LogP contribution in [0.4, 0.5) is 0 Å². The lowest BCUT2D eigenvalue weighted by atomic mass is 9.80. The molecule has 1 aliphatic heterocycles. The molecule has 1 N–H and O–H groups in total. The van der Waals surface area contributed by atoms with Crippen LogP contribution in [0, 0.1) is 5.41 Å². The molecule has 1 aromatic carbocycles. The Labute approximate surface area is 158 Å². The van der Waals surface area contributed by atoms with Crippen molar-refractivity contribution in [1.29, 1.82) is 0 Å². The first-order chi connectivity index (χ1) is 12.5. The molecule has 5 nitrogen and oxygen atoms in total. The van der Waals surface area contributed by atoms with Crippen molar-refractivity contribution in [1.82, 2.24) is 10.2 Å². The van der Waals surface area contributed by atoms with Crippen LogP contribution in [-0.4, -0.2) is 36.9 Å². The third-order valence-electron chi connectivity index (χ3n) is 4.85. The van der Waals surface area contributed by atoms with Gasteiger partial charge in [-0.05, 0) is 48.9 Å². The SMILES string of the molecule is COc1cccc(CNC(=O)C2(C)CCCN(C(=O)c3cccs3)C2)c1. The number of hydrogen-bond acceptors (Lipinski definition) is 4. The number of likely N-dealkylation sites (tertiary alicyclic amines) is 1. The van der Waals surface area contributed by atoms with Crippen molar-refractivity contribution in [3.63, 3.8) is 0 Å². The molecule has 0 aliphatic carbocycles. The number of piperidine rings is 1. The fourth-order valence-electron chi connectivity index (χ4n) is 3.33. The summed E-state index contributed by atoms with van der Waals surface area (Å²) in [7, 11) is 1.62. The molecular weight excluding hydrogens is 348 g/mol. The van der Waals surface area contributed by atoms with Crippen LogP contribution in [0.3, 0.4) is 0 Å². The largest absolute Gasteiger partial charge is 0.497 e. The Balaban J connectivity index is 1.62. The standard InChI is InChI=1S/C20H24N2O3S/c1-20(19(24)21-13-15-6-3-7-16(12-15)25-2)9-5-10-22(14-20)18(23)17-8-4-11-26-17/h3-4,6-8,11-12H,5,9-10,13-14H2,1-2H3,(H,21,24). The van der Waals surface area contributed by atoms with Gasteiger partial charge in [-0.15, -0.1) is 11.3 Å². The van der Waals surface area contributed by atoms with E-state index in [0.29, 0.717) is 19.6 Å². The topological polar surface area (TPSA) is 58.6 Å². The maximum atomic E-state index is 12.8. The number of amides is 2. The Kier molecular flexibility index (Phi) is 5.61. The van der Waals surface area contributed by atoms with Gasteiger partial charge in [0.25, 0.3) is 5.91 Å². The number of ether oxygens (including phenoxy) is 1. The van der Waals surface area contributed by atoms with Crippen molar-refractivity contribution in [2.75, 3.05) is 20.2 Å². The lowest BCUT2D eigenvalue weighted by Crippen LogP contribution is -2.51. The van der Waals surface area contributed by atoms with E-state index in [1.165, 1.54) is 11.3 Å². The zero-order valence-corrected chi connectivity index (χ0v) is 16.0. The van der Waals surface area contributed by atoms with Crippen LogP contribution in [0.5, 0.6) is 5.75 Å². The second-order valence-electron chi connectivity index (χ2n) is 6.90. The zero-order chi connectivity index (χ0) is 18.6. The molecule has 2 heterocycles. The van der Waals surface area contributed by atoms with Crippen LogP contribution < -0.4 is 10.1 Å². The number of benzene rings is 1. The summed E-state index contributed by atoms with van der Waals surface area (Å²) in [4.78, 5) is 28.0. The molecule has 3 rings (SSSR count). The molecule has 1 aromatic heterocycles. The lowest BCUT2D eigenvalue weighted by molar-refractivity contribution is -0.132. The number of methoxy groups -OCH3 is 1. The van der Waals surface area contributed by atoms with Gasteiger partial charge in [0.15, 0.2) is 0 Å². The van der Waals surface area contributed by atoms with Gasteiger partial charge >= 0.3 is 0 Å². The molecule has 0 saturated carbocycles. The third kappa shape index (κ3) is 4.07. The van der Waals surface area contributed by atoms with E-state index < -0.39 is 5.41 Å². The van der Waals surface area contributed by atoms with Crippen LogP contribution in [0.25, 0.3) is 0 Å². The number of hydrogen-bond donors (Lipinski definition) is 1. The van der Waals surface area contributed by atoms with Crippen LogP contribution in [-0.2, 0) is 11.3 Å². The van der Waals surface area contributed by atoms with Gasteiger partial charge in [0.2, 0.25) is 5.91 Å². The zero-order valence-electron chi connectivity index (χ0n) is 15.2. The van der Waals surface area contributed by atoms with Gasteiger partial charge in [-0.3, -0.25) is 9.59 Å². The summed E-state index contributed by atoms with van der Waals surface area (Å²) in [5.74, 6) is 0.781. The van der Waals surface area contributed by atoms with E-state index in [1.807, 2.05) is 48.7 Å². The second-order valence-corrected chi connectivity index (χ2v) is 7.85. The molecule has 1 unspecified atom stereocenters. The molecule has 1 fully saturated rings. The Morgan fingerprint density at radius 1 is 1.31 bits per heavy atom. The van der Waals surface area contributed by atoms with Crippen molar-refractivity contribution in [2.24, 2.45) is 5.41 Å². The number of carbonyl (C=O) groups excluding carboxylic acids is 2. The van der Waals surface area contributed by atoms with E-state index in [2.05, 4.69) is 5.32 Å². The average molecular weight is 372 g/mol. The van der Waals surface area contributed by atoms with E-state index in [1.54, 1.807) is 12.0 Å². The molecule has 1 atom stereocenters. The quantitative estimate of drug-likeness (QED) is 0.876. The van der Waals surface area contributed by atoms with E-state index in [4.69, 9.17) is 4.74 Å². The minimum atomic E-state index is -0.565. The van der Waals surface area contributed by atoms with Crippen LogP contribution >= 0.6 is 11.3 Å². The first-order valence-corrected chi connectivity index (χ1v) is 9.64. The van der Waals surface area contributed by atoms with Gasteiger partial charge in [0.1, 0.15) is 5.75 Å². The van der Waals surface area contributed by atoms with Gasteiger partial charge in [0, 0.05) is 19.6 Å². The molecule has 0 spiro atoms. The molecule has 1 saturated heterocycles. The summed E-state index contributed by atoms with van der Waals surface area (Å²) in [5, 5.41) is 4.92. The monoisotopic (exact) mass is 372 g/mol. The van der Waals surface area contributed by atoms with Gasteiger partial charge in [-0.2, -0.15) is 0 Å².